The van der Waals surface area contributed by atoms with Crippen molar-refractivity contribution in [1.82, 2.24) is 19.9 Å². The minimum absolute atomic E-state index is 0.238. The summed E-state index contributed by atoms with van der Waals surface area (Å²) in [4.78, 5) is 27.5. The van der Waals surface area contributed by atoms with Gasteiger partial charge in [0.25, 0.3) is 5.91 Å². The number of aryl methyl sites for hydroxylation is 1. The average molecular weight is 409 g/mol. The number of carbonyl (C=O) groups excluding carboxylic acids is 2. The van der Waals surface area contributed by atoms with E-state index >= 15 is 0 Å². The molecule has 7 heteroatoms. The van der Waals surface area contributed by atoms with Gasteiger partial charge in [-0.1, -0.05) is 35.5 Å². The number of benzene rings is 2. The van der Waals surface area contributed by atoms with Gasteiger partial charge < -0.3 is 9.64 Å². The average Bonchev–Trinajstić information content (AvgIpc) is 3.13. The van der Waals surface area contributed by atoms with Gasteiger partial charge in [-0.3, -0.25) is 4.79 Å². The molecule has 0 saturated carbocycles. The van der Waals surface area contributed by atoms with Crippen LogP contribution < -0.4 is 0 Å². The van der Waals surface area contributed by atoms with E-state index in [4.69, 9.17) is 4.74 Å². The molecule has 3 rings (SSSR count). The zero-order chi connectivity index (χ0) is 21.9. The summed E-state index contributed by atoms with van der Waals surface area (Å²) in [6.45, 7) is 10.6. The second-order valence-corrected chi connectivity index (χ2v) is 8.24. The van der Waals surface area contributed by atoms with Crippen molar-refractivity contribution in [2.75, 3.05) is 0 Å². The van der Waals surface area contributed by atoms with Crippen LogP contribution in [0, 0.1) is 0 Å². The predicted molar refractivity (Wildman–Crippen MR) is 115 cm³/mol. The summed E-state index contributed by atoms with van der Waals surface area (Å²) in [6.07, 6.45) is -0.914. The Morgan fingerprint density at radius 1 is 1.13 bits per heavy atom. The summed E-state index contributed by atoms with van der Waals surface area (Å²) in [5, 5.41) is 8.13. The maximum absolute atomic E-state index is 13.1. The van der Waals surface area contributed by atoms with Gasteiger partial charge >= 0.3 is 5.97 Å². The van der Waals surface area contributed by atoms with E-state index in [1.807, 2.05) is 58.0 Å². The van der Waals surface area contributed by atoms with Gasteiger partial charge in [0.05, 0.1) is 11.1 Å². The van der Waals surface area contributed by atoms with E-state index in [1.54, 1.807) is 34.7 Å². The highest BCUT2D eigenvalue weighted by molar-refractivity contribution is 5.95. The third-order valence-corrected chi connectivity index (χ3v) is 4.94. The quantitative estimate of drug-likeness (QED) is 0.580. The van der Waals surface area contributed by atoms with Gasteiger partial charge in [-0.2, -0.15) is 0 Å². The van der Waals surface area contributed by atoms with Gasteiger partial charge in [0.1, 0.15) is 5.52 Å². The summed E-state index contributed by atoms with van der Waals surface area (Å²) in [5.74, 6) is -0.796. The first-order valence-electron chi connectivity index (χ1n) is 10.1. The lowest BCUT2D eigenvalue weighted by molar-refractivity contribution is -0.145. The highest BCUT2D eigenvalue weighted by Gasteiger charge is 2.32. The fraction of sp³-hybridized carbons (Fsp3) is 0.391. The molecule has 0 N–H and O–H groups in total. The molecule has 30 heavy (non-hydrogen) atoms. The minimum Gasteiger partial charge on any atom is -0.449 e. The van der Waals surface area contributed by atoms with E-state index in [2.05, 4.69) is 10.3 Å². The van der Waals surface area contributed by atoms with E-state index in [1.165, 1.54) is 0 Å². The molecule has 0 spiro atoms. The molecule has 1 heterocycles. The Balaban J connectivity index is 1.74. The Morgan fingerprint density at radius 2 is 1.83 bits per heavy atom. The Bertz CT molecular complexity index is 1040. The summed E-state index contributed by atoms with van der Waals surface area (Å²) >= 11 is 0. The van der Waals surface area contributed by atoms with Gasteiger partial charge in [0.15, 0.2) is 6.10 Å². The number of esters is 1. The first kappa shape index (κ1) is 21.5. The SMILES string of the molecule is CCn1nnc2cc(C(=O)O[C@H](C)C(=O)N(Cc3ccccc3)C(C)(C)C)ccc21. The van der Waals surface area contributed by atoms with Crippen LogP contribution in [0.3, 0.4) is 0 Å². The molecule has 0 fully saturated rings. The standard InChI is InChI=1S/C23H28N4O3/c1-6-27-20-13-12-18(14-19(20)24-25-27)22(29)30-16(2)21(28)26(23(3,4)5)15-17-10-8-7-9-11-17/h7-14,16H,6,15H2,1-5H3/t16-/m1/s1. The second-order valence-electron chi connectivity index (χ2n) is 8.24. The largest absolute Gasteiger partial charge is 0.449 e. The maximum atomic E-state index is 13.1. The fourth-order valence-corrected chi connectivity index (χ4v) is 3.24. The lowest BCUT2D eigenvalue weighted by Crippen LogP contribution is -2.49. The molecular weight excluding hydrogens is 380 g/mol. The molecule has 158 valence electrons. The van der Waals surface area contributed by atoms with Crippen LogP contribution in [0.2, 0.25) is 0 Å². The van der Waals surface area contributed by atoms with Gasteiger partial charge in [-0.05, 0) is 58.4 Å². The molecule has 0 aliphatic carbocycles. The van der Waals surface area contributed by atoms with Gasteiger partial charge in [-0.25, -0.2) is 9.48 Å². The topological polar surface area (TPSA) is 77.3 Å². The summed E-state index contributed by atoms with van der Waals surface area (Å²) in [6, 6.07) is 14.9. The van der Waals surface area contributed by atoms with Crippen LogP contribution in [0.5, 0.6) is 0 Å². The molecule has 0 bridgehead atoms. The first-order valence-corrected chi connectivity index (χ1v) is 10.1. The first-order chi connectivity index (χ1) is 14.2. The number of ether oxygens (including phenoxy) is 1. The summed E-state index contributed by atoms with van der Waals surface area (Å²) in [5.41, 5.74) is 2.40. The van der Waals surface area contributed by atoms with Crippen LogP contribution in [0.4, 0.5) is 0 Å². The molecule has 1 aromatic heterocycles. The Kier molecular flexibility index (Phi) is 6.20. The van der Waals surface area contributed by atoms with E-state index in [0.29, 0.717) is 24.2 Å². The Labute approximate surface area is 176 Å². The second kappa shape index (κ2) is 8.65. The Hall–Kier alpha value is -3.22. The van der Waals surface area contributed by atoms with E-state index in [0.717, 1.165) is 11.1 Å². The van der Waals surface area contributed by atoms with Crippen LogP contribution in [0.25, 0.3) is 11.0 Å². The van der Waals surface area contributed by atoms with Crippen molar-refractivity contribution in [1.29, 1.82) is 0 Å². The number of hydrogen-bond acceptors (Lipinski definition) is 5. The van der Waals surface area contributed by atoms with Crippen molar-refractivity contribution in [3.05, 3.63) is 59.7 Å². The molecule has 0 aliphatic heterocycles. The van der Waals surface area contributed by atoms with Crippen molar-refractivity contribution in [3.63, 3.8) is 0 Å². The summed E-state index contributed by atoms with van der Waals surface area (Å²) < 4.78 is 7.26. The molecule has 7 nitrogen and oxygen atoms in total. The highest BCUT2D eigenvalue weighted by Crippen LogP contribution is 2.21. The monoisotopic (exact) mass is 408 g/mol. The van der Waals surface area contributed by atoms with Gasteiger partial charge in [0, 0.05) is 18.6 Å². The molecule has 2 aromatic carbocycles. The molecule has 0 aliphatic rings. The molecule has 0 radical (unpaired) electrons. The van der Waals surface area contributed by atoms with E-state index < -0.39 is 17.6 Å². The van der Waals surface area contributed by atoms with Crippen molar-refractivity contribution < 1.29 is 14.3 Å². The van der Waals surface area contributed by atoms with Crippen LogP contribution >= 0.6 is 0 Å². The number of amides is 1. The molecular formula is C23H28N4O3. The number of aromatic nitrogens is 3. The number of carbonyl (C=O) groups is 2. The zero-order valence-corrected chi connectivity index (χ0v) is 18.1. The lowest BCUT2D eigenvalue weighted by Gasteiger charge is -2.37. The third-order valence-electron chi connectivity index (χ3n) is 4.94. The third kappa shape index (κ3) is 4.67. The van der Waals surface area contributed by atoms with Gasteiger partial charge in [-0.15, -0.1) is 5.10 Å². The van der Waals surface area contributed by atoms with Crippen LogP contribution in [0.15, 0.2) is 48.5 Å². The Morgan fingerprint density at radius 3 is 2.47 bits per heavy atom. The molecule has 0 unspecified atom stereocenters. The van der Waals surface area contributed by atoms with Crippen LogP contribution in [0.1, 0.15) is 50.5 Å². The van der Waals surface area contributed by atoms with E-state index in [-0.39, 0.29) is 5.91 Å². The number of rotatable bonds is 6. The normalized spacial score (nSPS) is 12.6. The number of hydrogen-bond donors (Lipinski definition) is 0. The van der Waals surface area contributed by atoms with Crippen LogP contribution in [-0.2, 0) is 22.6 Å². The number of nitrogens with zero attached hydrogens (tertiary/aromatic N) is 4. The fourth-order valence-electron chi connectivity index (χ4n) is 3.24. The lowest BCUT2D eigenvalue weighted by atomic mass is 10.0. The van der Waals surface area contributed by atoms with Crippen molar-refractivity contribution in [2.24, 2.45) is 0 Å². The molecule has 1 amide bonds. The molecule has 0 saturated heterocycles. The van der Waals surface area contributed by atoms with Crippen LogP contribution in [-0.4, -0.2) is 43.4 Å². The smallest absolute Gasteiger partial charge is 0.338 e. The van der Waals surface area contributed by atoms with Gasteiger partial charge in [0.2, 0.25) is 0 Å². The number of fused-ring (bicyclic) bond motifs is 1. The van der Waals surface area contributed by atoms with Crippen molar-refractivity contribution in [3.8, 4) is 0 Å². The molecule has 3 aromatic rings. The molecule has 1 atom stereocenters. The van der Waals surface area contributed by atoms with E-state index in [9.17, 15) is 9.59 Å². The zero-order valence-electron chi connectivity index (χ0n) is 18.1. The van der Waals surface area contributed by atoms with Crippen molar-refractivity contribution >= 4 is 22.9 Å². The summed E-state index contributed by atoms with van der Waals surface area (Å²) in [7, 11) is 0. The predicted octanol–water partition coefficient (Wildman–Crippen LogP) is 3.82. The van der Waals surface area contributed by atoms with Crippen molar-refractivity contribution in [2.45, 2.75) is 59.4 Å². The highest BCUT2D eigenvalue weighted by atomic mass is 16.5. The minimum atomic E-state index is -0.914. The maximum Gasteiger partial charge on any atom is 0.338 e.